The molecule has 3 rings (SSSR count). The summed E-state index contributed by atoms with van der Waals surface area (Å²) >= 11 is 0. The molecule has 2 N–H and O–H groups in total. The van der Waals surface area contributed by atoms with Gasteiger partial charge in [0.25, 0.3) is 11.5 Å². The van der Waals surface area contributed by atoms with Crippen LogP contribution in [-0.4, -0.2) is 34.9 Å². The monoisotopic (exact) mass is 287 g/mol. The normalized spacial score (nSPS) is 21.0. The second-order valence-corrected chi connectivity index (χ2v) is 5.17. The van der Waals surface area contributed by atoms with E-state index in [2.05, 4.69) is 15.5 Å². The summed E-state index contributed by atoms with van der Waals surface area (Å²) in [7, 11) is 0. The van der Waals surface area contributed by atoms with E-state index in [-0.39, 0.29) is 29.3 Å². The van der Waals surface area contributed by atoms with E-state index in [1.54, 1.807) is 24.3 Å². The molecule has 110 valence electrons. The van der Waals surface area contributed by atoms with Gasteiger partial charge in [-0.05, 0) is 25.8 Å². The van der Waals surface area contributed by atoms with Crippen LogP contribution in [0, 0.1) is 0 Å². The first-order valence-electron chi connectivity index (χ1n) is 7.09. The van der Waals surface area contributed by atoms with Crippen molar-refractivity contribution in [2.75, 3.05) is 6.61 Å². The van der Waals surface area contributed by atoms with Gasteiger partial charge in [0, 0.05) is 18.0 Å². The number of carbonyl (C=O) groups is 1. The lowest BCUT2D eigenvalue weighted by Crippen LogP contribution is -2.48. The van der Waals surface area contributed by atoms with Gasteiger partial charge in [-0.1, -0.05) is 18.2 Å². The first-order chi connectivity index (χ1) is 10.2. The zero-order valence-electron chi connectivity index (χ0n) is 11.8. The van der Waals surface area contributed by atoms with Gasteiger partial charge in [0.05, 0.1) is 11.5 Å². The van der Waals surface area contributed by atoms with Crippen LogP contribution in [-0.2, 0) is 4.74 Å². The van der Waals surface area contributed by atoms with Gasteiger partial charge in [-0.3, -0.25) is 9.59 Å². The highest BCUT2D eigenvalue weighted by molar-refractivity contribution is 6.04. The maximum Gasteiger partial charge on any atom is 0.272 e. The average molecular weight is 287 g/mol. The quantitative estimate of drug-likeness (QED) is 0.885. The Kier molecular flexibility index (Phi) is 3.70. The van der Waals surface area contributed by atoms with Crippen LogP contribution in [0.4, 0.5) is 0 Å². The lowest BCUT2D eigenvalue weighted by Gasteiger charge is -2.35. The molecule has 1 aliphatic carbocycles. The van der Waals surface area contributed by atoms with Gasteiger partial charge in [-0.15, -0.1) is 0 Å². The maximum atomic E-state index is 12.3. The number of nitrogens with one attached hydrogen (secondary N) is 2. The summed E-state index contributed by atoms with van der Waals surface area (Å²) in [6.45, 7) is 2.65. The van der Waals surface area contributed by atoms with Crippen molar-refractivity contribution in [3.05, 3.63) is 40.3 Å². The van der Waals surface area contributed by atoms with Crippen LogP contribution in [0.25, 0.3) is 10.8 Å². The molecule has 0 radical (unpaired) electrons. The lowest BCUT2D eigenvalue weighted by molar-refractivity contribution is -0.00866. The van der Waals surface area contributed by atoms with Crippen LogP contribution < -0.4 is 10.9 Å². The fraction of sp³-hybridized carbons (Fsp3) is 0.400. The number of aromatic nitrogens is 2. The molecule has 2 aromatic rings. The summed E-state index contributed by atoms with van der Waals surface area (Å²) in [6.07, 6.45) is 1.88. The average Bonchev–Trinajstić information content (AvgIpc) is 2.45. The van der Waals surface area contributed by atoms with Crippen LogP contribution in [0.2, 0.25) is 0 Å². The molecule has 1 saturated carbocycles. The van der Waals surface area contributed by atoms with E-state index < -0.39 is 0 Å². The zero-order chi connectivity index (χ0) is 14.8. The van der Waals surface area contributed by atoms with Crippen molar-refractivity contribution in [3.8, 4) is 0 Å². The van der Waals surface area contributed by atoms with Crippen molar-refractivity contribution in [3.63, 3.8) is 0 Å². The van der Waals surface area contributed by atoms with E-state index in [9.17, 15) is 9.59 Å². The van der Waals surface area contributed by atoms with Crippen molar-refractivity contribution in [1.82, 2.24) is 15.5 Å². The molecule has 0 bridgehead atoms. The summed E-state index contributed by atoms with van der Waals surface area (Å²) < 4.78 is 5.47. The molecule has 1 aliphatic rings. The van der Waals surface area contributed by atoms with Gasteiger partial charge in [0.15, 0.2) is 5.69 Å². The smallest absolute Gasteiger partial charge is 0.272 e. The number of rotatable bonds is 4. The first kappa shape index (κ1) is 13.8. The van der Waals surface area contributed by atoms with Crippen LogP contribution in [0.15, 0.2) is 29.1 Å². The molecule has 0 atom stereocenters. The minimum atomic E-state index is -0.290. The second kappa shape index (κ2) is 5.65. The van der Waals surface area contributed by atoms with Gasteiger partial charge >= 0.3 is 0 Å². The minimum absolute atomic E-state index is 0.113. The highest BCUT2D eigenvalue weighted by atomic mass is 16.5. The van der Waals surface area contributed by atoms with Crippen molar-refractivity contribution in [2.45, 2.75) is 31.9 Å². The molecule has 1 heterocycles. The maximum absolute atomic E-state index is 12.3. The van der Waals surface area contributed by atoms with Gasteiger partial charge in [-0.2, -0.15) is 5.10 Å². The number of ether oxygens (including phenoxy) is 1. The zero-order valence-corrected chi connectivity index (χ0v) is 11.8. The summed E-state index contributed by atoms with van der Waals surface area (Å²) in [4.78, 5) is 24.0. The lowest BCUT2D eigenvalue weighted by atomic mass is 9.89. The molecule has 1 aromatic heterocycles. The predicted octanol–water partition coefficient (Wildman–Crippen LogP) is 1.22. The van der Waals surface area contributed by atoms with E-state index in [1.165, 1.54) is 0 Å². The van der Waals surface area contributed by atoms with Crippen molar-refractivity contribution in [1.29, 1.82) is 0 Å². The number of benzene rings is 1. The standard InChI is InChI=1S/C15H17N3O3/c1-2-21-10-7-9(8-10)16-15(20)13-11-5-3-4-6-12(11)14(19)18-17-13/h3-6,9-10H,2,7-8H2,1H3,(H,16,20)(H,18,19). The Morgan fingerprint density at radius 1 is 1.38 bits per heavy atom. The van der Waals surface area contributed by atoms with Crippen LogP contribution in [0.5, 0.6) is 0 Å². The van der Waals surface area contributed by atoms with Crippen LogP contribution in [0.3, 0.4) is 0 Å². The molecule has 0 spiro atoms. The third kappa shape index (κ3) is 2.67. The summed E-state index contributed by atoms with van der Waals surface area (Å²) in [5.74, 6) is -0.262. The second-order valence-electron chi connectivity index (χ2n) is 5.17. The summed E-state index contributed by atoms with van der Waals surface area (Å²) in [5, 5.41) is 10.2. The Morgan fingerprint density at radius 3 is 2.81 bits per heavy atom. The fourth-order valence-electron chi connectivity index (χ4n) is 2.60. The third-order valence-corrected chi connectivity index (χ3v) is 3.74. The Morgan fingerprint density at radius 2 is 2.10 bits per heavy atom. The number of hydrogen-bond donors (Lipinski definition) is 2. The largest absolute Gasteiger partial charge is 0.378 e. The van der Waals surface area contributed by atoms with Gasteiger partial charge < -0.3 is 10.1 Å². The van der Waals surface area contributed by atoms with E-state index in [0.29, 0.717) is 17.4 Å². The SMILES string of the molecule is CCOC1CC(NC(=O)c2n[nH]c(=O)c3ccccc23)C1. The molecule has 1 amide bonds. The van der Waals surface area contributed by atoms with Crippen molar-refractivity contribution in [2.24, 2.45) is 0 Å². The number of amides is 1. The Hall–Kier alpha value is -2.21. The number of nitrogens with zero attached hydrogens (tertiary/aromatic N) is 1. The minimum Gasteiger partial charge on any atom is -0.378 e. The van der Waals surface area contributed by atoms with Crippen LogP contribution in [0.1, 0.15) is 30.3 Å². The molecule has 0 saturated heterocycles. The highest BCUT2D eigenvalue weighted by Gasteiger charge is 2.31. The van der Waals surface area contributed by atoms with E-state index in [1.807, 2.05) is 6.92 Å². The molecule has 6 nitrogen and oxygen atoms in total. The topological polar surface area (TPSA) is 84.1 Å². The van der Waals surface area contributed by atoms with Crippen molar-refractivity contribution < 1.29 is 9.53 Å². The van der Waals surface area contributed by atoms with E-state index in [0.717, 1.165) is 12.8 Å². The Labute approximate surface area is 121 Å². The first-order valence-corrected chi connectivity index (χ1v) is 7.09. The fourth-order valence-corrected chi connectivity index (χ4v) is 2.60. The van der Waals surface area contributed by atoms with Gasteiger partial charge in [0.2, 0.25) is 0 Å². The third-order valence-electron chi connectivity index (χ3n) is 3.74. The molecule has 6 heteroatoms. The van der Waals surface area contributed by atoms with Crippen molar-refractivity contribution >= 4 is 16.7 Å². The molecule has 1 aromatic carbocycles. The highest BCUT2D eigenvalue weighted by Crippen LogP contribution is 2.23. The number of hydrogen-bond acceptors (Lipinski definition) is 4. The predicted molar refractivity (Wildman–Crippen MR) is 78.3 cm³/mol. The number of carbonyl (C=O) groups excluding carboxylic acids is 1. The molecule has 0 unspecified atom stereocenters. The molecular weight excluding hydrogens is 270 g/mol. The van der Waals surface area contributed by atoms with Crippen LogP contribution >= 0.6 is 0 Å². The Balaban J connectivity index is 1.77. The van der Waals surface area contributed by atoms with Gasteiger partial charge in [-0.25, -0.2) is 5.10 Å². The Bertz CT molecular complexity index is 719. The van der Waals surface area contributed by atoms with Gasteiger partial charge in [0.1, 0.15) is 0 Å². The number of H-pyrrole nitrogens is 1. The summed E-state index contributed by atoms with van der Waals surface area (Å²) in [6, 6.07) is 7.07. The summed E-state index contributed by atoms with van der Waals surface area (Å²) in [5.41, 5.74) is -0.0349. The number of fused-ring (bicyclic) bond motifs is 1. The van der Waals surface area contributed by atoms with E-state index in [4.69, 9.17) is 4.74 Å². The number of aromatic amines is 1. The molecule has 21 heavy (non-hydrogen) atoms. The molecule has 1 fully saturated rings. The molecular formula is C15H17N3O3. The molecule has 0 aliphatic heterocycles. The van der Waals surface area contributed by atoms with E-state index >= 15 is 0 Å².